The van der Waals surface area contributed by atoms with Gasteiger partial charge in [-0.15, -0.1) is 0 Å². The lowest BCUT2D eigenvalue weighted by atomic mass is 10.00. The summed E-state index contributed by atoms with van der Waals surface area (Å²) in [6.07, 6.45) is 25.2. The van der Waals surface area contributed by atoms with Gasteiger partial charge in [0.15, 0.2) is 12.7 Å². The molecule has 0 unspecified atom stereocenters. The van der Waals surface area contributed by atoms with Gasteiger partial charge >= 0.3 is 0 Å². The first kappa shape index (κ1) is 33.6. The Morgan fingerprint density at radius 1 is 0.525 bits per heavy atom. The van der Waals surface area contributed by atoms with E-state index in [1.165, 1.54) is 126 Å². The highest BCUT2D eigenvalue weighted by Crippen LogP contribution is 2.24. The summed E-state index contributed by atoms with van der Waals surface area (Å²) < 4.78 is 14.4. The van der Waals surface area contributed by atoms with Gasteiger partial charge in [-0.25, -0.2) is 14.4 Å². The summed E-state index contributed by atoms with van der Waals surface area (Å²) in [4.78, 5) is 9.31. The SMILES string of the molecule is CCCCCCCCCCc1cnc(-c2ccc(-c3ccc(CCCCCCCC)cc3)cc2)nc1.COCF. The average molecular weight is 549 g/mol. The number of aromatic nitrogens is 2. The van der Waals surface area contributed by atoms with Crippen LogP contribution in [0.1, 0.15) is 115 Å². The van der Waals surface area contributed by atoms with E-state index in [1.54, 1.807) is 0 Å². The van der Waals surface area contributed by atoms with Crippen molar-refractivity contribution in [2.24, 2.45) is 0 Å². The van der Waals surface area contributed by atoms with Crippen LogP contribution in [0, 0.1) is 0 Å². The third-order valence-electron chi connectivity index (χ3n) is 7.38. The monoisotopic (exact) mass is 548 g/mol. The Morgan fingerprint density at radius 2 is 0.900 bits per heavy atom. The van der Waals surface area contributed by atoms with E-state index in [9.17, 15) is 4.39 Å². The molecule has 0 aliphatic rings. The lowest BCUT2D eigenvalue weighted by Crippen LogP contribution is -1.93. The molecule has 0 saturated carbocycles. The van der Waals surface area contributed by atoms with Crippen molar-refractivity contribution in [1.82, 2.24) is 9.97 Å². The average Bonchev–Trinajstić information content (AvgIpc) is 3.01. The molecule has 1 heterocycles. The van der Waals surface area contributed by atoms with E-state index >= 15 is 0 Å². The normalized spacial score (nSPS) is 10.8. The second kappa shape index (κ2) is 22.1. The number of aryl methyl sites for hydroxylation is 2. The summed E-state index contributed by atoms with van der Waals surface area (Å²) in [5.41, 5.74) is 6.30. The first-order valence-electron chi connectivity index (χ1n) is 15.8. The minimum atomic E-state index is -0.681. The Bertz CT molecular complexity index is 985. The zero-order valence-corrected chi connectivity index (χ0v) is 25.5. The van der Waals surface area contributed by atoms with Crippen LogP contribution in [-0.2, 0) is 17.6 Å². The number of hydrogen-bond acceptors (Lipinski definition) is 3. The first-order chi connectivity index (χ1) is 19.7. The summed E-state index contributed by atoms with van der Waals surface area (Å²) in [6.45, 7) is 3.87. The maximum atomic E-state index is 10.5. The topological polar surface area (TPSA) is 35.0 Å². The quantitative estimate of drug-likeness (QED) is 0.140. The number of benzene rings is 2. The Balaban J connectivity index is 0.00000131. The van der Waals surface area contributed by atoms with Crippen molar-refractivity contribution in [3.8, 4) is 22.5 Å². The van der Waals surface area contributed by atoms with Crippen molar-refractivity contribution >= 4 is 0 Å². The molecule has 0 saturated heterocycles. The molecule has 0 radical (unpaired) electrons. The molecule has 1 aromatic heterocycles. The van der Waals surface area contributed by atoms with Crippen LogP contribution in [0.15, 0.2) is 60.9 Å². The van der Waals surface area contributed by atoms with Gasteiger partial charge in [0.1, 0.15) is 0 Å². The smallest absolute Gasteiger partial charge is 0.187 e. The second-order valence-corrected chi connectivity index (χ2v) is 10.8. The number of ether oxygens (including phenoxy) is 1. The number of rotatable bonds is 19. The summed E-state index contributed by atoms with van der Waals surface area (Å²) in [7, 11) is 1.31. The van der Waals surface area contributed by atoms with E-state index in [0.717, 1.165) is 17.8 Å². The van der Waals surface area contributed by atoms with E-state index in [4.69, 9.17) is 0 Å². The van der Waals surface area contributed by atoms with Crippen LogP contribution in [0.4, 0.5) is 4.39 Å². The van der Waals surface area contributed by atoms with Gasteiger partial charge < -0.3 is 4.74 Å². The van der Waals surface area contributed by atoms with Crippen LogP contribution in [0.5, 0.6) is 0 Å². The maximum absolute atomic E-state index is 10.5. The number of hydrogen-bond donors (Lipinski definition) is 0. The van der Waals surface area contributed by atoms with Gasteiger partial charge in [0.25, 0.3) is 0 Å². The minimum absolute atomic E-state index is 0.681. The Kier molecular flexibility index (Phi) is 18.6. The van der Waals surface area contributed by atoms with Crippen LogP contribution in [0.25, 0.3) is 22.5 Å². The van der Waals surface area contributed by atoms with Crippen molar-refractivity contribution in [3.63, 3.8) is 0 Å². The van der Waals surface area contributed by atoms with Gasteiger partial charge in [0.2, 0.25) is 0 Å². The molecule has 220 valence electrons. The lowest BCUT2D eigenvalue weighted by Gasteiger charge is -2.07. The summed E-state index contributed by atoms with van der Waals surface area (Å²) >= 11 is 0. The first-order valence-corrected chi connectivity index (χ1v) is 15.8. The molecular weight excluding hydrogens is 495 g/mol. The number of methoxy groups -OCH3 is 1. The Morgan fingerprint density at radius 3 is 1.35 bits per heavy atom. The molecule has 4 heteroatoms. The van der Waals surface area contributed by atoms with Crippen LogP contribution >= 0.6 is 0 Å². The second-order valence-electron chi connectivity index (χ2n) is 10.8. The Hall–Kier alpha value is -2.59. The van der Waals surface area contributed by atoms with Crippen LogP contribution in [0.3, 0.4) is 0 Å². The van der Waals surface area contributed by atoms with Gasteiger partial charge in [0.05, 0.1) is 0 Å². The van der Waals surface area contributed by atoms with Gasteiger partial charge in [-0.2, -0.15) is 0 Å². The summed E-state index contributed by atoms with van der Waals surface area (Å²) in [5, 5.41) is 0. The van der Waals surface area contributed by atoms with Gasteiger partial charge in [0, 0.05) is 25.1 Å². The predicted octanol–water partition coefficient (Wildman–Crippen LogP) is 11.0. The maximum Gasteiger partial charge on any atom is 0.187 e. The third-order valence-corrected chi connectivity index (χ3v) is 7.38. The molecule has 40 heavy (non-hydrogen) atoms. The molecular formula is C36H53FN2O. The fourth-order valence-electron chi connectivity index (χ4n) is 4.88. The zero-order chi connectivity index (χ0) is 28.7. The highest BCUT2D eigenvalue weighted by atomic mass is 19.1. The van der Waals surface area contributed by atoms with E-state index in [0.29, 0.717) is 0 Å². The van der Waals surface area contributed by atoms with Crippen LogP contribution < -0.4 is 0 Å². The van der Waals surface area contributed by atoms with E-state index in [2.05, 4.69) is 77.1 Å². The number of halogens is 1. The lowest BCUT2D eigenvalue weighted by molar-refractivity contribution is 0.104. The summed E-state index contributed by atoms with van der Waals surface area (Å²) in [5.74, 6) is 0.815. The predicted molar refractivity (Wildman–Crippen MR) is 169 cm³/mol. The Labute approximate surface area is 244 Å². The van der Waals surface area contributed by atoms with Crippen molar-refractivity contribution in [1.29, 1.82) is 0 Å². The number of alkyl halides is 1. The summed E-state index contributed by atoms with van der Waals surface area (Å²) in [6, 6.07) is 17.8. The van der Waals surface area contributed by atoms with Gasteiger partial charge in [-0.3, -0.25) is 0 Å². The van der Waals surface area contributed by atoms with E-state index in [1.807, 2.05) is 12.4 Å². The van der Waals surface area contributed by atoms with Crippen molar-refractivity contribution < 1.29 is 9.13 Å². The number of unbranched alkanes of at least 4 members (excludes halogenated alkanes) is 12. The standard InChI is InChI=1S/C34H48N2.C2H5FO/c1-3-5-7-9-11-12-14-16-18-30-27-35-34(36-28-30)33-25-23-32(24-26-33)31-21-19-29(20-22-31)17-15-13-10-8-6-4-2;1-4-2-3/h19-28H,3-18H2,1-2H3;2H2,1H3. The number of nitrogens with zero attached hydrogens (tertiary/aromatic N) is 2. The van der Waals surface area contributed by atoms with Crippen LogP contribution in [0.2, 0.25) is 0 Å². The molecule has 3 aromatic rings. The van der Waals surface area contributed by atoms with Crippen molar-refractivity contribution in [2.75, 3.05) is 14.0 Å². The van der Waals surface area contributed by atoms with Crippen molar-refractivity contribution in [3.05, 3.63) is 72.1 Å². The van der Waals surface area contributed by atoms with Crippen LogP contribution in [-0.4, -0.2) is 23.9 Å². The zero-order valence-electron chi connectivity index (χ0n) is 25.5. The largest absolute Gasteiger partial charge is 0.354 e. The minimum Gasteiger partial charge on any atom is -0.354 e. The molecule has 0 spiro atoms. The van der Waals surface area contributed by atoms with Gasteiger partial charge in [-0.05, 0) is 47.9 Å². The molecule has 0 atom stereocenters. The molecule has 0 bridgehead atoms. The molecule has 0 fully saturated rings. The molecule has 0 aliphatic heterocycles. The molecule has 3 nitrogen and oxygen atoms in total. The molecule has 2 aromatic carbocycles. The van der Waals surface area contributed by atoms with E-state index < -0.39 is 6.86 Å². The van der Waals surface area contributed by atoms with Gasteiger partial charge in [-0.1, -0.05) is 139 Å². The third kappa shape index (κ3) is 14.2. The molecule has 0 N–H and O–H groups in total. The van der Waals surface area contributed by atoms with E-state index in [-0.39, 0.29) is 0 Å². The highest BCUT2D eigenvalue weighted by Gasteiger charge is 2.04. The highest BCUT2D eigenvalue weighted by molar-refractivity contribution is 5.67. The fourth-order valence-corrected chi connectivity index (χ4v) is 4.88. The van der Waals surface area contributed by atoms with Crippen molar-refractivity contribution in [2.45, 2.75) is 117 Å². The molecule has 3 rings (SSSR count). The molecule has 0 aliphatic carbocycles. The molecule has 0 amide bonds. The fraction of sp³-hybridized carbons (Fsp3) is 0.556.